The van der Waals surface area contributed by atoms with E-state index in [9.17, 15) is 14.7 Å². The number of hydrogen-bond acceptors (Lipinski definition) is 3. The van der Waals surface area contributed by atoms with Gasteiger partial charge in [0.25, 0.3) is 0 Å². The number of carboxylic acid groups (broad SMARTS) is 1. The molecular weight excluding hydrogens is 322 g/mol. The van der Waals surface area contributed by atoms with Gasteiger partial charge in [-0.25, -0.2) is 4.79 Å². The normalized spacial score (nSPS) is 19.8. The van der Waals surface area contributed by atoms with E-state index in [0.29, 0.717) is 12.2 Å². The summed E-state index contributed by atoms with van der Waals surface area (Å²) < 4.78 is 0. The van der Waals surface area contributed by atoms with Crippen molar-refractivity contribution in [3.05, 3.63) is 35.4 Å². The van der Waals surface area contributed by atoms with Gasteiger partial charge in [0.15, 0.2) is 0 Å². The predicted octanol–water partition coefficient (Wildman–Crippen LogP) is 4.06. The van der Waals surface area contributed by atoms with Crippen molar-refractivity contribution in [2.24, 2.45) is 5.92 Å². The largest absolute Gasteiger partial charge is 0.480 e. The Hall–Kier alpha value is -1.49. The summed E-state index contributed by atoms with van der Waals surface area (Å²) in [5, 5.41) is 9.40. The highest BCUT2D eigenvalue weighted by atomic mass is 32.2. The second-order valence-electron chi connectivity index (χ2n) is 7.82. The van der Waals surface area contributed by atoms with Crippen molar-refractivity contribution < 1.29 is 14.7 Å². The number of nitrogens with zero attached hydrogens (tertiary/aromatic N) is 1. The van der Waals surface area contributed by atoms with E-state index in [1.54, 1.807) is 4.90 Å². The summed E-state index contributed by atoms with van der Waals surface area (Å²) >= 11 is 1.51. The Labute approximate surface area is 148 Å². The third-order valence-electron chi connectivity index (χ3n) is 4.28. The Kier molecular flexibility index (Phi) is 5.63. The summed E-state index contributed by atoms with van der Waals surface area (Å²) in [5.74, 6) is -0.449. The topological polar surface area (TPSA) is 57.6 Å². The number of benzene rings is 1. The van der Waals surface area contributed by atoms with Crippen LogP contribution in [0.1, 0.15) is 57.5 Å². The highest BCUT2D eigenvalue weighted by molar-refractivity contribution is 8.00. The molecule has 0 radical (unpaired) electrons. The molecule has 132 valence electrons. The van der Waals surface area contributed by atoms with Gasteiger partial charge in [-0.2, -0.15) is 0 Å². The molecule has 4 nitrogen and oxygen atoms in total. The van der Waals surface area contributed by atoms with Crippen LogP contribution >= 0.6 is 11.8 Å². The molecule has 2 rings (SSSR count). The molecule has 0 bridgehead atoms. The zero-order valence-electron chi connectivity index (χ0n) is 15.1. The molecule has 1 aromatic carbocycles. The van der Waals surface area contributed by atoms with Gasteiger partial charge in [-0.15, -0.1) is 11.8 Å². The number of amides is 1. The van der Waals surface area contributed by atoms with E-state index in [4.69, 9.17) is 0 Å². The molecule has 1 amide bonds. The Morgan fingerprint density at radius 3 is 2.33 bits per heavy atom. The molecule has 2 atom stereocenters. The molecule has 24 heavy (non-hydrogen) atoms. The molecule has 1 N–H and O–H groups in total. The summed E-state index contributed by atoms with van der Waals surface area (Å²) in [6.07, 6.45) is 0.470. The average molecular weight is 349 g/mol. The van der Waals surface area contributed by atoms with Gasteiger partial charge in [0, 0.05) is 0 Å². The average Bonchev–Trinajstić information content (AvgIpc) is 2.85. The van der Waals surface area contributed by atoms with Crippen molar-refractivity contribution in [2.75, 3.05) is 5.75 Å². The molecule has 1 fully saturated rings. The molecule has 5 heteroatoms. The van der Waals surface area contributed by atoms with E-state index in [1.807, 2.05) is 26.0 Å². The van der Waals surface area contributed by atoms with E-state index >= 15 is 0 Å². The first-order valence-corrected chi connectivity index (χ1v) is 9.42. The molecule has 1 heterocycles. The van der Waals surface area contributed by atoms with Crippen LogP contribution in [-0.4, -0.2) is 33.7 Å². The van der Waals surface area contributed by atoms with E-state index in [1.165, 1.54) is 17.3 Å². The summed E-state index contributed by atoms with van der Waals surface area (Å²) in [6.45, 7) is 10.4. The van der Waals surface area contributed by atoms with Crippen molar-refractivity contribution in [2.45, 2.75) is 57.9 Å². The third-order valence-corrected chi connectivity index (χ3v) is 5.51. The second kappa shape index (κ2) is 7.18. The molecule has 0 unspecified atom stereocenters. The van der Waals surface area contributed by atoms with Crippen molar-refractivity contribution in [3.8, 4) is 0 Å². The second-order valence-corrected chi connectivity index (χ2v) is 8.89. The molecular formula is C19H27NO3S. The predicted molar refractivity (Wildman–Crippen MR) is 98.1 cm³/mol. The molecule has 0 spiro atoms. The molecule has 0 saturated carbocycles. The van der Waals surface area contributed by atoms with Gasteiger partial charge in [-0.1, -0.05) is 58.9 Å². The van der Waals surface area contributed by atoms with Crippen molar-refractivity contribution in [3.63, 3.8) is 0 Å². The molecule has 1 saturated heterocycles. The third kappa shape index (κ3) is 4.12. The van der Waals surface area contributed by atoms with Crippen LogP contribution in [0.2, 0.25) is 0 Å². The van der Waals surface area contributed by atoms with Crippen molar-refractivity contribution in [1.82, 2.24) is 4.90 Å². The lowest BCUT2D eigenvalue weighted by Gasteiger charge is -2.31. The number of carbonyl (C=O) groups excluding carboxylic acids is 1. The minimum absolute atomic E-state index is 0.0676. The first-order valence-electron chi connectivity index (χ1n) is 8.37. The van der Waals surface area contributed by atoms with Crippen LogP contribution in [0.3, 0.4) is 0 Å². The smallest absolute Gasteiger partial charge is 0.326 e. The zero-order valence-corrected chi connectivity index (χ0v) is 15.9. The van der Waals surface area contributed by atoms with Gasteiger partial charge >= 0.3 is 5.97 Å². The number of carboxylic acids is 1. The monoisotopic (exact) mass is 349 g/mol. The van der Waals surface area contributed by atoms with Crippen LogP contribution in [0.5, 0.6) is 0 Å². The highest BCUT2D eigenvalue weighted by Crippen LogP contribution is 2.41. The Balaban J connectivity index is 2.31. The Morgan fingerprint density at radius 1 is 1.29 bits per heavy atom. The quantitative estimate of drug-likeness (QED) is 0.871. The van der Waals surface area contributed by atoms with Crippen LogP contribution in [0, 0.1) is 5.92 Å². The summed E-state index contributed by atoms with van der Waals surface area (Å²) in [5.41, 5.74) is 2.29. The number of aliphatic carboxylic acids is 1. The molecule has 1 aliphatic heterocycles. The zero-order chi connectivity index (χ0) is 18.1. The maximum Gasteiger partial charge on any atom is 0.326 e. The maximum absolute atomic E-state index is 12.4. The molecule has 1 aromatic rings. The van der Waals surface area contributed by atoms with Crippen LogP contribution in [-0.2, 0) is 15.0 Å². The van der Waals surface area contributed by atoms with Gasteiger partial charge in [0.05, 0.1) is 5.75 Å². The van der Waals surface area contributed by atoms with Crippen molar-refractivity contribution in [1.29, 1.82) is 0 Å². The first-order chi connectivity index (χ1) is 11.1. The molecule has 0 aromatic heterocycles. The fourth-order valence-electron chi connectivity index (χ4n) is 2.96. The van der Waals surface area contributed by atoms with Crippen LogP contribution in [0.15, 0.2) is 24.3 Å². The van der Waals surface area contributed by atoms with Gasteiger partial charge in [-0.05, 0) is 28.9 Å². The van der Waals surface area contributed by atoms with Crippen molar-refractivity contribution >= 4 is 23.6 Å². The van der Waals surface area contributed by atoms with Crippen LogP contribution in [0.4, 0.5) is 0 Å². The van der Waals surface area contributed by atoms with Crippen LogP contribution in [0.25, 0.3) is 0 Å². The minimum Gasteiger partial charge on any atom is -0.480 e. The fraction of sp³-hybridized carbons (Fsp3) is 0.579. The lowest BCUT2D eigenvalue weighted by molar-refractivity contribution is -0.150. The van der Waals surface area contributed by atoms with Crippen LogP contribution < -0.4 is 0 Å². The van der Waals surface area contributed by atoms with E-state index < -0.39 is 12.0 Å². The van der Waals surface area contributed by atoms with E-state index in [0.717, 1.165) is 5.56 Å². The summed E-state index contributed by atoms with van der Waals surface area (Å²) in [7, 11) is 0. The standard InChI is InChI=1S/C19H27NO3S/c1-12(2)10-15(18(22)23)20-16(21)11-24-17(20)13-6-8-14(9-7-13)19(3,4)5/h6-9,12,15,17H,10-11H2,1-5H3,(H,22,23)/t15-,17-/m0/s1. The minimum atomic E-state index is -0.920. The number of carbonyl (C=O) groups is 2. The SMILES string of the molecule is CC(C)C[C@@H](C(=O)O)N1C(=O)CS[C@H]1c1ccc(C(C)(C)C)cc1. The van der Waals surface area contributed by atoms with Gasteiger partial charge in [-0.3, -0.25) is 4.79 Å². The van der Waals surface area contributed by atoms with E-state index in [2.05, 4.69) is 32.9 Å². The number of thioether (sulfide) groups is 1. The highest BCUT2D eigenvalue weighted by Gasteiger charge is 2.41. The first kappa shape index (κ1) is 18.8. The fourth-order valence-corrected chi connectivity index (χ4v) is 4.18. The number of hydrogen-bond donors (Lipinski definition) is 1. The molecule has 1 aliphatic rings. The Morgan fingerprint density at radius 2 is 1.88 bits per heavy atom. The maximum atomic E-state index is 12.4. The van der Waals surface area contributed by atoms with Gasteiger partial charge in [0.2, 0.25) is 5.91 Å². The van der Waals surface area contributed by atoms with Gasteiger partial charge < -0.3 is 10.0 Å². The Bertz CT molecular complexity index is 604. The number of rotatable bonds is 5. The summed E-state index contributed by atoms with van der Waals surface area (Å²) in [6, 6.07) is 7.44. The van der Waals surface area contributed by atoms with Gasteiger partial charge in [0.1, 0.15) is 11.4 Å². The van der Waals surface area contributed by atoms with E-state index in [-0.39, 0.29) is 22.6 Å². The lowest BCUT2D eigenvalue weighted by atomic mass is 9.86. The molecule has 0 aliphatic carbocycles. The lowest BCUT2D eigenvalue weighted by Crippen LogP contribution is -2.44. The summed E-state index contributed by atoms with van der Waals surface area (Å²) in [4.78, 5) is 25.6.